The summed E-state index contributed by atoms with van der Waals surface area (Å²) in [6, 6.07) is 7.31. The van der Waals surface area contributed by atoms with E-state index in [2.05, 4.69) is 10.4 Å². The third-order valence-electron chi connectivity index (χ3n) is 2.08. The van der Waals surface area contributed by atoms with Gasteiger partial charge in [0.1, 0.15) is 0 Å². The second-order valence-corrected chi connectivity index (χ2v) is 2.96. The van der Waals surface area contributed by atoms with Gasteiger partial charge in [-0.05, 0) is 23.6 Å². The molecule has 1 aromatic heterocycles. The van der Waals surface area contributed by atoms with Crippen LogP contribution in [-0.2, 0) is 0 Å². The van der Waals surface area contributed by atoms with E-state index < -0.39 is 0 Å². The molecule has 2 rings (SSSR count). The molecule has 0 bridgehead atoms. The lowest BCUT2D eigenvalue weighted by molar-refractivity contribution is -0.375. The van der Waals surface area contributed by atoms with Crippen LogP contribution >= 0.6 is 0 Å². The van der Waals surface area contributed by atoms with Gasteiger partial charge < -0.3 is 0 Å². The van der Waals surface area contributed by atoms with E-state index in [1.54, 1.807) is 12.1 Å². The van der Waals surface area contributed by atoms with E-state index in [1.807, 2.05) is 24.5 Å². The van der Waals surface area contributed by atoms with E-state index in [4.69, 9.17) is 5.84 Å². The summed E-state index contributed by atoms with van der Waals surface area (Å²) in [5, 5.41) is 2.06. The molecular formula is C10H10N3O+. The molecule has 2 aromatic rings. The number of aromatic nitrogens is 1. The number of hydrogen-bond donors (Lipinski definition) is 2. The first-order chi connectivity index (χ1) is 6.81. The Bertz CT molecular complexity index is 482. The molecule has 4 nitrogen and oxygen atoms in total. The van der Waals surface area contributed by atoms with Crippen LogP contribution in [0.25, 0.3) is 10.8 Å². The lowest BCUT2D eigenvalue weighted by Gasteiger charge is -1.99. The van der Waals surface area contributed by atoms with Gasteiger partial charge in [0.05, 0.1) is 0 Å². The standard InChI is InChI=1S/C10H9N3O/c11-13-10(14)8-1-2-9-6-12-4-3-7(9)5-8/h1-6H,11H2,(H,13,14)/p+1. The summed E-state index contributed by atoms with van der Waals surface area (Å²) in [7, 11) is 0. The van der Waals surface area contributed by atoms with Crippen molar-refractivity contribution in [1.82, 2.24) is 5.43 Å². The molecule has 0 saturated carbocycles. The molecule has 0 atom stereocenters. The van der Waals surface area contributed by atoms with Crippen molar-refractivity contribution in [2.75, 3.05) is 0 Å². The van der Waals surface area contributed by atoms with E-state index in [1.165, 1.54) is 0 Å². The number of hydrazine groups is 1. The first-order valence-corrected chi connectivity index (χ1v) is 4.22. The monoisotopic (exact) mass is 188 g/mol. The Labute approximate surface area is 80.7 Å². The van der Waals surface area contributed by atoms with Crippen molar-refractivity contribution in [2.24, 2.45) is 5.84 Å². The van der Waals surface area contributed by atoms with Crippen molar-refractivity contribution < 1.29 is 9.78 Å². The fourth-order valence-corrected chi connectivity index (χ4v) is 1.35. The number of nitrogen functional groups attached to an aromatic ring is 1. The highest BCUT2D eigenvalue weighted by Crippen LogP contribution is 2.12. The summed E-state index contributed by atoms with van der Waals surface area (Å²) in [6.07, 6.45) is 3.69. The Morgan fingerprint density at radius 2 is 2.14 bits per heavy atom. The zero-order valence-electron chi connectivity index (χ0n) is 7.45. The Morgan fingerprint density at radius 1 is 1.29 bits per heavy atom. The van der Waals surface area contributed by atoms with Gasteiger partial charge in [-0.25, -0.2) is 10.8 Å². The maximum absolute atomic E-state index is 11.2. The first-order valence-electron chi connectivity index (χ1n) is 4.22. The van der Waals surface area contributed by atoms with Crippen LogP contribution in [0.2, 0.25) is 0 Å². The van der Waals surface area contributed by atoms with Crippen LogP contribution in [-0.4, -0.2) is 5.91 Å². The van der Waals surface area contributed by atoms with Crippen molar-refractivity contribution in [3.63, 3.8) is 0 Å². The van der Waals surface area contributed by atoms with Gasteiger partial charge in [-0.2, -0.15) is 0 Å². The van der Waals surface area contributed by atoms with Crippen LogP contribution in [0.3, 0.4) is 0 Å². The van der Waals surface area contributed by atoms with Crippen molar-refractivity contribution >= 4 is 16.7 Å². The predicted octanol–water partition coefficient (Wildman–Crippen LogP) is 0.257. The molecule has 0 saturated heterocycles. The smallest absolute Gasteiger partial charge is 0.265 e. The van der Waals surface area contributed by atoms with E-state index in [9.17, 15) is 4.79 Å². The second-order valence-electron chi connectivity index (χ2n) is 2.96. The van der Waals surface area contributed by atoms with Crippen LogP contribution in [0.4, 0.5) is 0 Å². The second kappa shape index (κ2) is 3.43. The summed E-state index contributed by atoms with van der Waals surface area (Å²) >= 11 is 0. The van der Waals surface area contributed by atoms with Crippen LogP contribution < -0.4 is 16.3 Å². The fraction of sp³-hybridized carbons (Fsp3) is 0. The average Bonchev–Trinajstić information content (AvgIpc) is 2.27. The number of carbonyl (C=O) groups excluding carboxylic acids is 1. The normalized spacial score (nSPS) is 10.1. The van der Waals surface area contributed by atoms with Gasteiger partial charge in [-0.15, -0.1) is 0 Å². The number of fused-ring (bicyclic) bond motifs is 1. The van der Waals surface area contributed by atoms with Gasteiger partial charge in [0.25, 0.3) is 5.91 Å². The highest BCUT2D eigenvalue weighted by atomic mass is 16.2. The molecule has 0 radical (unpaired) electrons. The topological polar surface area (TPSA) is 69.3 Å². The molecule has 0 aliphatic rings. The van der Waals surface area contributed by atoms with Crippen molar-refractivity contribution in [3.05, 3.63) is 42.2 Å². The molecular weight excluding hydrogens is 178 g/mol. The Kier molecular flexibility index (Phi) is 2.12. The van der Waals surface area contributed by atoms with E-state index >= 15 is 0 Å². The van der Waals surface area contributed by atoms with Gasteiger partial charge in [0, 0.05) is 17.0 Å². The van der Waals surface area contributed by atoms with Crippen LogP contribution in [0.15, 0.2) is 36.7 Å². The molecule has 0 spiro atoms. The maximum Gasteiger partial charge on any atom is 0.265 e. The van der Waals surface area contributed by atoms with Crippen LogP contribution in [0.1, 0.15) is 10.4 Å². The van der Waals surface area contributed by atoms with Crippen LogP contribution in [0, 0.1) is 0 Å². The van der Waals surface area contributed by atoms with Crippen molar-refractivity contribution in [3.8, 4) is 0 Å². The molecule has 1 aromatic carbocycles. The number of H-pyrrole nitrogens is 1. The fourth-order valence-electron chi connectivity index (χ4n) is 1.35. The molecule has 1 heterocycles. The van der Waals surface area contributed by atoms with Gasteiger partial charge >= 0.3 is 0 Å². The molecule has 0 aliphatic carbocycles. The Morgan fingerprint density at radius 3 is 2.93 bits per heavy atom. The molecule has 0 aliphatic heterocycles. The number of carbonyl (C=O) groups is 1. The third kappa shape index (κ3) is 1.43. The number of nitrogens with two attached hydrogens (primary N) is 1. The maximum atomic E-state index is 11.2. The molecule has 0 unspecified atom stereocenters. The number of rotatable bonds is 1. The number of pyridine rings is 1. The average molecular weight is 188 g/mol. The van der Waals surface area contributed by atoms with E-state index in [0.717, 1.165) is 10.8 Å². The highest BCUT2D eigenvalue weighted by Gasteiger charge is 2.04. The zero-order valence-corrected chi connectivity index (χ0v) is 7.45. The number of benzene rings is 1. The molecule has 14 heavy (non-hydrogen) atoms. The quantitative estimate of drug-likeness (QED) is 0.383. The van der Waals surface area contributed by atoms with Crippen molar-refractivity contribution in [1.29, 1.82) is 0 Å². The molecule has 4 heteroatoms. The molecule has 70 valence electrons. The Balaban J connectivity index is 2.56. The minimum Gasteiger partial charge on any atom is -0.290 e. The molecule has 0 fully saturated rings. The molecule has 1 amide bonds. The SMILES string of the molecule is NNC(=O)c1ccc2c[nH+]ccc2c1. The number of hydrogen-bond acceptors (Lipinski definition) is 2. The number of aromatic amines is 1. The third-order valence-corrected chi connectivity index (χ3v) is 2.08. The number of nitrogens with one attached hydrogen (secondary N) is 2. The first kappa shape index (κ1) is 8.65. The lowest BCUT2D eigenvalue weighted by Crippen LogP contribution is -2.29. The van der Waals surface area contributed by atoms with Crippen molar-refractivity contribution in [2.45, 2.75) is 0 Å². The van der Waals surface area contributed by atoms with E-state index in [-0.39, 0.29) is 5.91 Å². The largest absolute Gasteiger partial charge is 0.290 e. The summed E-state index contributed by atoms with van der Waals surface area (Å²) < 4.78 is 0. The summed E-state index contributed by atoms with van der Waals surface area (Å²) in [6.45, 7) is 0. The van der Waals surface area contributed by atoms with Gasteiger partial charge in [-0.1, -0.05) is 0 Å². The summed E-state index contributed by atoms with van der Waals surface area (Å²) in [4.78, 5) is 14.2. The minimum absolute atomic E-state index is 0.278. The molecule has 4 N–H and O–H groups in total. The zero-order chi connectivity index (χ0) is 9.97. The van der Waals surface area contributed by atoms with Gasteiger partial charge in [0.2, 0.25) is 0 Å². The minimum atomic E-state index is -0.278. The van der Waals surface area contributed by atoms with Crippen LogP contribution in [0.5, 0.6) is 0 Å². The predicted molar refractivity (Wildman–Crippen MR) is 52.2 cm³/mol. The highest BCUT2D eigenvalue weighted by molar-refractivity contribution is 5.97. The lowest BCUT2D eigenvalue weighted by atomic mass is 10.1. The number of amides is 1. The Hall–Kier alpha value is -1.94. The summed E-state index contributed by atoms with van der Waals surface area (Å²) in [5.74, 6) is 4.76. The van der Waals surface area contributed by atoms with E-state index in [0.29, 0.717) is 5.56 Å². The summed E-state index contributed by atoms with van der Waals surface area (Å²) in [5.41, 5.74) is 2.66. The van der Waals surface area contributed by atoms with Gasteiger partial charge in [-0.3, -0.25) is 10.2 Å². The van der Waals surface area contributed by atoms with Gasteiger partial charge in [0.15, 0.2) is 12.4 Å².